The lowest BCUT2D eigenvalue weighted by Crippen LogP contribution is -2.47. The van der Waals surface area contributed by atoms with Crippen molar-refractivity contribution in [3.63, 3.8) is 0 Å². The molecule has 6 rings (SSSR count). The lowest BCUT2D eigenvalue weighted by atomic mass is 9.89. The molecule has 4 aliphatic rings. The molecule has 2 aromatic carbocycles. The Hall–Kier alpha value is -3.98. The van der Waals surface area contributed by atoms with Crippen molar-refractivity contribution in [2.24, 2.45) is 0 Å². The van der Waals surface area contributed by atoms with E-state index in [9.17, 15) is 19.7 Å². The highest BCUT2D eigenvalue weighted by Gasteiger charge is 2.29. The number of morpholine rings is 2. The standard InChI is InChI=1S/C18H25N3O5.C18H27N3O3/c1-25-17-12-13(2-7-16(17)21(23)24)18(22)19-14-3-5-15(6-4-14)20-8-10-26-11-9-20;1-23-17-12-13(2-7-16(17)19)18(22)20-14-3-5-15(6-4-14)21-8-10-24-11-9-21/h2,7,12,14-15H,3-6,8-11H2,1H3,(H,19,22);2,7,12,14-15H,3-6,8-11,19H2,1H3,(H,20,22). The summed E-state index contributed by atoms with van der Waals surface area (Å²) < 4.78 is 21.0. The molecule has 274 valence electrons. The molecule has 2 aliphatic carbocycles. The van der Waals surface area contributed by atoms with Gasteiger partial charge in [0.15, 0.2) is 5.75 Å². The molecular formula is C36H52N6O8. The zero-order valence-corrected chi connectivity index (χ0v) is 29.3. The Balaban J connectivity index is 0.000000195. The molecule has 4 N–H and O–H groups in total. The molecule has 2 heterocycles. The first-order valence-electron chi connectivity index (χ1n) is 17.8. The van der Waals surface area contributed by atoms with E-state index in [0.29, 0.717) is 34.6 Å². The lowest BCUT2D eigenvalue weighted by molar-refractivity contribution is -0.385. The van der Waals surface area contributed by atoms with Gasteiger partial charge in [-0.1, -0.05) is 0 Å². The summed E-state index contributed by atoms with van der Waals surface area (Å²) in [5.74, 6) is 0.369. The maximum Gasteiger partial charge on any atom is 0.310 e. The quantitative estimate of drug-likeness (QED) is 0.199. The summed E-state index contributed by atoms with van der Waals surface area (Å²) in [5.41, 5.74) is 7.17. The lowest BCUT2D eigenvalue weighted by Gasteiger charge is -2.38. The van der Waals surface area contributed by atoms with E-state index in [1.54, 1.807) is 25.3 Å². The molecule has 2 amide bonds. The van der Waals surface area contributed by atoms with Crippen LogP contribution in [-0.4, -0.2) is 118 Å². The Morgan fingerprint density at radius 3 is 1.56 bits per heavy atom. The van der Waals surface area contributed by atoms with E-state index >= 15 is 0 Å². The molecular weight excluding hydrogens is 644 g/mol. The maximum atomic E-state index is 12.5. The van der Waals surface area contributed by atoms with Crippen LogP contribution in [0.25, 0.3) is 0 Å². The van der Waals surface area contributed by atoms with Gasteiger partial charge in [0.2, 0.25) is 0 Å². The van der Waals surface area contributed by atoms with E-state index < -0.39 is 4.92 Å². The van der Waals surface area contributed by atoms with Crippen molar-refractivity contribution in [2.45, 2.75) is 75.5 Å². The van der Waals surface area contributed by atoms with Crippen molar-refractivity contribution in [1.29, 1.82) is 0 Å². The van der Waals surface area contributed by atoms with Crippen molar-refractivity contribution in [2.75, 3.05) is 72.6 Å². The van der Waals surface area contributed by atoms with Crippen LogP contribution in [0.4, 0.5) is 11.4 Å². The number of hydrogen-bond acceptors (Lipinski definition) is 11. The molecule has 2 aromatic rings. The van der Waals surface area contributed by atoms with Gasteiger partial charge in [0.1, 0.15) is 5.75 Å². The third-order valence-electron chi connectivity index (χ3n) is 10.3. The SMILES string of the molecule is COc1cc(C(=O)NC2CCC(N3CCOCC3)CC2)ccc1N.COc1cc(C(=O)NC2CCC(N3CCOCC3)CC2)ccc1[N+](=O)[O-]. The second-order valence-electron chi connectivity index (χ2n) is 13.4. The summed E-state index contributed by atoms with van der Waals surface area (Å²) in [7, 11) is 2.91. The number of nitrogens with two attached hydrogens (primary N) is 1. The van der Waals surface area contributed by atoms with Crippen LogP contribution in [0.15, 0.2) is 36.4 Å². The van der Waals surface area contributed by atoms with Crippen LogP contribution < -0.4 is 25.8 Å². The van der Waals surface area contributed by atoms with Crippen LogP contribution in [0.1, 0.15) is 72.1 Å². The average molecular weight is 697 g/mol. The first-order chi connectivity index (χ1) is 24.2. The number of carbonyl (C=O) groups is 2. The third-order valence-corrected chi connectivity index (χ3v) is 10.3. The van der Waals surface area contributed by atoms with Gasteiger partial charge in [-0.3, -0.25) is 29.5 Å². The summed E-state index contributed by atoms with van der Waals surface area (Å²) in [5, 5.41) is 17.2. The largest absolute Gasteiger partial charge is 0.495 e. The van der Waals surface area contributed by atoms with Crippen LogP contribution >= 0.6 is 0 Å². The number of benzene rings is 2. The van der Waals surface area contributed by atoms with Crippen LogP contribution in [-0.2, 0) is 9.47 Å². The number of nitro benzene ring substituents is 1. The number of anilines is 1. The Kier molecular flexibility index (Phi) is 13.7. The summed E-state index contributed by atoms with van der Waals surface area (Å²) in [6.07, 6.45) is 8.34. The van der Waals surface area contributed by atoms with E-state index in [1.165, 1.54) is 25.3 Å². The van der Waals surface area contributed by atoms with Gasteiger partial charge in [0.25, 0.3) is 11.8 Å². The molecule has 14 nitrogen and oxygen atoms in total. The highest BCUT2D eigenvalue weighted by atomic mass is 16.6. The zero-order chi connectivity index (χ0) is 35.5. The van der Waals surface area contributed by atoms with Gasteiger partial charge >= 0.3 is 5.69 Å². The topological polar surface area (TPSA) is 171 Å². The van der Waals surface area contributed by atoms with Gasteiger partial charge in [-0.15, -0.1) is 0 Å². The highest BCUT2D eigenvalue weighted by Crippen LogP contribution is 2.29. The second kappa shape index (κ2) is 18.3. The molecule has 0 spiro atoms. The molecule has 0 unspecified atom stereocenters. The summed E-state index contributed by atoms with van der Waals surface area (Å²) in [6, 6.07) is 11.0. The Morgan fingerprint density at radius 1 is 0.720 bits per heavy atom. The number of amides is 2. The highest BCUT2D eigenvalue weighted by molar-refractivity contribution is 5.96. The number of hydrogen-bond donors (Lipinski definition) is 3. The van der Waals surface area contributed by atoms with Gasteiger partial charge in [0.05, 0.1) is 51.3 Å². The summed E-state index contributed by atoms with van der Waals surface area (Å²) >= 11 is 0. The molecule has 4 fully saturated rings. The minimum atomic E-state index is -0.520. The van der Waals surface area contributed by atoms with E-state index in [2.05, 4.69) is 20.4 Å². The van der Waals surface area contributed by atoms with Gasteiger partial charge in [0, 0.05) is 73.6 Å². The normalized spacial score (nSPS) is 24.6. The Morgan fingerprint density at radius 2 is 1.14 bits per heavy atom. The third kappa shape index (κ3) is 10.1. The minimum Gasteiger partial charge on any atom is -0.495 e. The number of carbonyl (C=O) groups excluding carboxylic acids is 2. The van der Waals surface area contributed by atoms with Crippen LogP contribution in [0, 0.1) is 10.1 Å². The van der Waals surface area contributed by atoms with Crippen molar-refractivity contribution in [3.8, 4) is 11.5 Å². The van der Waals surface area contributed by atoms with Crippen LogP contribution in [0.2, 0.25) is 0 Å². The molecule has 0 radical (unpaired) electrons. The summed E-state index contributed by atoms with van der Waals surface area (Å²) in [4.78, 5) is 40.4. The number of nitrogens with zero attached hydrogens (tertiary/aromatic N) is 3. The Bertz CT molecular complexity index is 1430. The van der Waals surface area contributed by atoms with E-state index in [-0.39, 0.29) is 35.3 Å². The molecule has 14 heteroatoms. The van der Waals surface area contributed by atoms with Gasteiger partial charge in [-0.05, 0) is 75.6 Å². The number of methoxy groups -OCH3 is 2. The smallest absolute Gasteiger partial charge is 0.310 e. The van der Waals surface area contributed by atoms with Crippen LogP contribution in [0.3, 0.4) is 0 Å². The Labute approximate surface area is 294 Å². The predicted octanol–water partition coefficient (Wildman–Crippen LogP) is 3.63. The molecule has 0 bridgehead atoms. The first-order valence-corrected chi connectivity index (χ1v) is 17.8. The molecule has 2 saturated carbocycles. The van der Waals surface area contributed by atoms with Crippen molar-refractivity contribution >= 4 is 23.2 Å². The summed E-state index contributed by atoms with van der Waals surface area (Å²) in [6.45, 7) is 7.34. The van der Waals surface area contributed by atoms with E-state index in [4.69, 9.17) is 24.7 Å². The number of nitrogen functional groups attached to an aromatic ring is 1. The molecule has 2 aliphatic heterocycles. The minimum absolute atomic E-state index is 0.0527. The molecule has 2 saturated heterocycles. The fourth-order valence-electron chi connectivity index (χ4n) is 7.42. The van der Waals surface area contributed by atoms with Crippen molar-refractivity contribution in [1.82, 2.24) is 20.4 Å². The maximum absolute atomic E-state index is 12.5. The van der Waals surface area contributed by atoms with Crippen molar-refractivity contribution < 1.29 is 33.5 Å². The monoisotopic (exact) mass is 696 g/mol. The fraction of sp³-hybridized carbons (Fsp3) is 0.611. The van der Waals surface area contributed by atoms with Gasteiger partial charge in [-0.25, -0.2) is 0 Å². The molecule has 0 atom stereocenters. The molecule has 50 heavy (non-hydrogen) atoms. The average Bonchev–Trinajstić information content (AvgIpc) is 3.16. The first kappa shape index (κ1) is 37.3. The van der Waals surface area contributed by atoms with E-state index in [0.717, 1.165) is 104 Å². The zero-order valence-electron chi connectivity index (χ0n) is 29.3. The fourth-order valence-corrected chi connectivity index (χ4v) is 7.42. The number of rotatable bonds is 9. The van der Waals surface area contributed by atoms with E-state index in [1.807, 2.05) is 0 Å². The van der Waals surface area contributed by atoms with Gasteiger partial charge < -0.3 is 35.3 Å². The molecule has 0 aromatic heterocycles. The van der Waals surface area contributed by atoms with Crippen molar-refractivity contribution in [3.05, 3.63) is 57.6 Å². The number of nitrogens with one attached hydrogen (secondary N) is 2. The van der Waals surface area contributed by atoms with Crippen LogP contribution in [0.5, 0.6) is 11.5 Å². The number of nitro groups is 1. The second-order valence-corrected chi connectivity index (χ2v) is 13.4. The predicted molar refractivity (Wildman–Crippen MR) is 189 cm³/mol. The van der Waals surface area contributed by atoms with Gasteiger partial charge in [-0.2, -0.15) is 0 Å². The number of ether oxygens (including phenoxy) is 4.